The Morgan fingerprint density at radius 1 is 0.933 bits per heavy atom. The predicted molar refractivity (Wildman–Crippen MR) is 114 cm³/mol. The Bertz CT molecular complexity index is 941. The molecule has 0 atom stereocenters. The Balaban J connectivity index is 1.24. The molecule has 3 heterocycles. The van der Waals surface area contributed by atoms with Crippen LogP contribution in [0.3, 0.4) is 0 Å². The zero-order valence-corrected chi connectivity index (χ0v) is 17.3. The maximum Gasteiger partial charge on any atom is 0.227 e. The van der Waals surface area contributed by atoms with Crippen molar-refractivity contribution >= 4 is 17.5 Å². The van der Waals surface area contributed by atoms with Gasteiger partial charge < -0.3 is 14.8 Å². The number of aromatic nitrogens is 3. The van der Waals surface area contributed by atoms with Gasteiger partial charge in [-0.2, -0.15) is 0 Å². The second-order valence-corrected chi connectivity index (χ2v) is 8.85. The van der Waals surface area contributed by atoms with Crippen LogP contribution in [0.25, 0.3) is 11.4 Å². The number of nitrogens with zero attached hydrogens (tertiary/aromatic N) is 4. The van der Waals surface area contributed by atoms with Gasteiger partial charge in [0.2, 0.25) is 11.8 Å². The molecular weight excluding hydrogens is 378 g/mol. The number of amides is 2. The van der Waals surface area contributed by atoms with Gasteiger partial charge >= 0.3 is 0 Å². The van der Waals surface area contributed by atoms with Crippen LogP contribution in [-0.4, -0.2) is 44.6 Å². The van der Waals surface area contributed by atoms with Gasteiger partial charge in [0.25, 0.3) is 0 Å². The molecule has 1 saturated heterocycles. The molecule has 0 bridgehead atoms. The molecule has 1 aromatic heterocycles. The van der Waals surface area contributed by atoms with Gasteiger partial charge in [0.05, 0.1) is 0 Å². The summed E-state index contributed by atoms with van der Waals surface area (Å²) >= 11 is 0. The van der Waals surface area contributed by atoms with Crippen molar-refractivity contribution in [3.63, 3.8) is 0 Å². The van der Waals surface area contributed by atoms with Crippen molar-refractivity contribution in [3.05, 3.63) is 30.1 Å². The molecule has 2 fully saturated rings. The van der Waals surface area contributed by atoms with Gasteiger partial charge in [-0.25, -0.2) is 0 Å². The minimum atomic E-state index is -0.0405. The molecule has 1 N–H and O–H groups in total. The lowest BCUT2D eigenvalue weighted by Gasteiger charge is -2.31. The molecule has 0 spiro atoms. The topological polar surface area (TPSA) is 80.1 Å². The number of carbonyl (C=O) groups excluding carboxylic acids is 2. The van der Waals surface area contributed by atoms with Crippen molar-refractivity contribution in [2.75, 3.05) is 18.4 Å². The second kappa shape index (κ2) is 8.20. The maximum atomic E-state index is 12.8. The van der Waals surface area contributed by atoms with Gasteiger partial charge in [-0.1, -0.05) is 18.6 Å². The Morgan fingerprint density at radius 2 is 1.77 bits per heavy atom. The van der Waals surface area contributed by atoms with E-state index in [1.165, 1.54) is 12.8 Å². The first-order valence-corrected chi connectivity index (χ1v) is 11.3. The molecule has 5 rings (SSSR count). The third-order valence-electron chi connectivity index (χ3n) is 6.60. The van der Waals surface area contributed by atoms with Crippen LogP contribution in [0, 0.1) is 11.8 Å². The van der Waals surface area contributed by atoms with E-state index in [9.17, 15) is 9.59 Å². The lowest BCUT2D eigenvalue weighted by Crippen LogP contribution is -2.42. The van der Waals surface area contributed by atoms with Crippen LogP contribution in [0.4, 0.5) is 5.69 Å². The minimum Gasteiger partial charge on any atom is -0.342 e. The number of rotatable bonds is 4. The fourth-order valence-electron chi connectivity index (χ4n) is 4.63. The maximum absolute atomic E-state index is 12.8. The SMILES string of the molecule is O=C(Nc1cccc(-c2nnc3n2CCCCC3)c1)C1CCN(C(=O)C2CC2)CC1. The second-order valence-electron chi connectivity index (χ2n) is 8.85. The van der Waals surface area contributed by atoms with E-state index in [1.54, 1.807) is 0 Å². The summed E-state index contributed by atoms with van der Waals surface area (Å²) in [5, 5.41) is 11.9. The summed E-state index contributed by atoms with van der Waals surface area (Å²) < 4.78 is 2.22. The van der Waals surface area contributed by atoms with Crippen LogP contribution in [0.2, 0.25) is 0 Å². The van der Waals surface area contributed by atoms with Crippen molar-refractivity contribution in [3.8, 4) is 11.4 Å². The van der Waals surface area contributed by atoms with E-state index in [2.05, 4.69) is 20.1 Å². The van der Waals surface area contributed by atoms with Crippen LogP contribution in [0.15, 0.2) is 24.3 Å². The van der Waals surface area contributed by atoms with Crippen LogP contribution in [0.5, 0.6) is 0 Å². The summed E-state index contributed by atoms with van der Waals surface area (Å²) in [6.07, 6.45) is 8.06. The van der Waals surface area contributed by atoms with Crippen molar-refractivity contribution in [1.29, 1.82) is 0 Å². The fourth-order valence-corrected chi connectivity index (χ4v) is 4.63. The molecule has 158 valence electrons. The molecule has 2 aliphatic heterocycles. The van der Waals surface area contributed by atoms with E-state index in [4.69, 9.17) is 0 Å². The lowest BCUT2D eigenvalue weighted by molar-refractivity contribution is -0.135. The van der Waals surface area contributed by atoms with Crippen molar-refractivity contribution < 1.29 is 9.59 Å². The molecule has 1 aliphatic carbocycles. The number of carbonyl (C=O) groups is 2. The van der Waals surface area contributed by atoms with Gasteiger partial charge in [0.1, 0.15) is 5.82 Å². The zero-order chi connectivity index (χ0) is 20.5. The normalized spacial score (nSPS) is 19.8. The fraction of sp³-hybridized carbons (Fsp3) is 0.565. The van der Waals surface area contributed by atoms with E-state index in [-0.39, 0.29) is 23.7 Å². The quantitative estimate of drug-likeness (QED) is 0.844. The molecule has 30 heavy (non-hydrogen) atoms. The molecule has 1 aromatic carbocycles. The van der Waals surface area contributed by atoms with Crippen LogP contribution < -0.4 is 5.32 Å². The highest BCUT2D eigenvalue weighted by Crippen LogP contribution is 2.32. The Kier molecular flexibility index (Phi) is 5.27. The molecule has 3 aliphatic rings. The van der Waals surface area contributed by atoms with Crippen molar-refractivity contribution in [2.24, 2.45) is 11.8 Å². The average Bonchev–Trinajstić information content (AvgIpc) is 3.58. The molecule has 7 heteroatoms. The highest BCUT2D eigenvalue weighted by molar-refractivity contribution is 5.93. The standard InChI is InChI=1S/C23H29N5O2/c29-22(16-10-13-27(14-11-16)23(30)17-8-9-17)24-19-6-4-5-18(15-19)21-26-25-20-7-2-1-3-12-28(20)21/h4-6,15-17H,1-3,7-14H2,(H,24,29). The number of fused-ring (bicyclic) bond motifs is 1. The Hall–Kier alpha value is -2.70. The summed E-state index contributed by atoms with van der Waals surface area (Å²) in [6, 6.07) is 7.90. The van der Waals surface area contributed by atoms with Gasteiger partial charge in [-0.05, 0) is 50.7 Å². The number of hydrogen-bond donors (Lipinski definition) is 1. The van der Waals surface area contributed by atoms with Crippen LogP contribution >= 0.6 is 0 Å². The number of anilines is 1. The molecule has 2 amide bonds. The van der Waals surface area contributed by atoms with Crippen molar-refractivity contribution in [2.45, 2.75) is 57.9 Å². The predicted octanol–water partition coefficient (Wildman–Crippen LogP) is 3.26. The van der Waals surface area contributed by atoms with E-state index < -0.39 is 0 Å². The monoisotopic (exact) mass is 407 g/mol. The minimum absolute atomic E-state index is 0.0405. The molecule has 2 aromatic rings. The zero-order valence-electron chi connectivity index (χ0n) is 17.3. The van der Waals surface area contributed by atoms with E-state index in [1.807, 2.05) is 29.2 Å². The highest BCUT2D eigenvalue weighted by Gasteiger charge is 2.36. The van der Waals surface area contributed by atoms with E-state index >= 15 is 0 Å². The summed E-state index contributed by atoms with van der Waals surface area (Å²) in [5.74, 6) is 2.49. The molecule has 7 nitrogen and oxygen atoms in total. The lowest BCUT2D eigenvalue weighted by atomic mass is 9.95. The smallest absolute Gasteiger partial charge is 0.227 e. The van der Waals surface area contributed by atoms with Crippen LogP contribution in [0.1, 0.15) is 50.8 Å². The number of likely N-dealkylation sites (tertiary alicyclic amines) is 1. The Morgan fingerprint density at radius 3 is 2.57 bits per heavy atom. The third kappa shape index (κ3) is 3.98. The molecule has 0 radical (unpaired) electrons. The van der Waals surface area contributed by atoms with Crippen molar-refractivity contribution in [1.82, 2.24) is 19.7 Å². The number of piperidine rings is 1. The summed E-state index contributed by atoms with van der Waals surface area (Å²) in [4.78, 5) is 27.0. The number of nitrogens with one attached hydrogen (secondary N) is 1. The number of benzene rings is 1. The third-order valence-corrected chi connectivity index (χ3v) is 6.60. The summed E-state index contributed by atoms with van der Waals surface area (Å²) in [5.41, 5.74) is 1.78. The Labute approximate surface area is 176 Å². The first-order chi connectivity index (χ1) is 14.7. The number of hydrogen-bond acceptors (Lipinski definition) is 4. The molecular formula is C23H29N5O2. The van der Waals surface area contributed by atoms with Gasteiger partial charge in [-0.3, -0.25) is 9.59 Å². The van der Waals surface area contributed by atoms with Gasteiger partial charge in [0.15, 0.2) is 5.82 Å². The summed E-state index contributed by atoms with van der Waals surface area (Å²) in [6.45, 7) is 2.34. The van der Waals surface area contributed by atoms with E-state index in [0.29, 0.717) is 13.1 Å². The first kappa shape index (κ1) is 19.3. The van der Waals surface area contributed by atoms with E-state index in [0.717, 1.165) is 68.0 Å². The van der Waals surface area contributed by atoms with Crippen LogP contribution in [-0.2, 0) is 22.6 Å². The molecule has 1 saturated carbocycles. The van der Waals surface area contributed by atoms with Gasteiger partial charge in [-0.15, -0.1) is 10.2 Å². The highest BCUT2D eigenvalue weighted by atomic mass is 16.2. The molecule has 0 unspecified atom stereocenters. The average molecular weight is 408 g/mol. The first-order valence-electron chi connectivity index (χ1n) is 11.3. The number of aryl methyl sites for hydroxylation is 1. The van der Waals surface area contributed by atoms with Gasteiger partial charge in [0, 0.05) is 49.1 Å². The summed E-state index contributed by atoms with van der Waals surface area (Å²) in [7, 11) is 0. The largest absolute Gasteiger partial charge is 0.342 e.